The molecule has 1 aliphatic rings. The van der Waals surface area contributed by atoms with Crippen LogP contribution in [-0.2, 0) is 11.3 Å². The molecule has 0 radical (unpaired) electrons. The van der Waals surface area contributed by atoms with Crippen molar-refractivity contribution in [3.63, 3.8) is 0 Å². The van der Waals surface area contributed by atoms with Crippen molar-refractivity contribution in [3.05, 3.63) is 15.6 Å². The average Bonchev–Trinajstić information content (AvgIpc) is 2.85. The van der Waals surface area contributed by atoms with E-state index < -0.39 is 5.60 Å². The molecule has 4 nitrogen and oxygen atoms in total. The molecule has 1 heterocycles. The van der Waals surface area contributed by atoms with Crippen molar-refractivity contribution in [1.82, 2.24) is 10.3 Å². The highest BCUT2D eigenvalue weighted by molar-refractivity contribution is 7.11. The molecule has 1 aromatic rings. The summed E-state index contributed by atoms with van der Waals surface area (Å²) in [6, 6.07) is 0. The first-order valence-electron chi connectivity index (χ1n) is 5.95. The number of aliphatic hydroxyl groups is 1. The molecule has 0 aliphatic heterocycles. The van der Waals surface area contributed by atoms with Crippen LogP contribution >= 0.6 is 11.3 Å². The van der Waals surface area contributed by atoms with Gasteiger partial charge in [0.1, 0.15) is 10.6 Å². The number of nitrogens with zero attached hydrogens (tertiary/aromatic N) is 1. The third-order valence-corrected chi connectivity index (χ3v) is 4.40. The Bertz CT molecular complexity index is 403. The first-order chi connectivity index (χ1) is 8.01. The largest absolute Gasteiger partial charge is 0.380 e. The van der Waals surface area contributed by atoms with E-state index in [1.807, 2.05) is 13.8 Å². The molecule has 0 aromatic carbocycles. The normalized spacial score (nSPS) is 18.3. The summed E-state index contributed by atoms with van der Waals surface area (Å²) in [5, 5.41) is 13.7. The van der Waals surface area contributed by atoms with Crippen LogP contribution in [0.3, 0.4) is 0 Å². The second-order valence-electron chi connectivity index (χ2n) is 4.67. The Morgan fingerprint density at radius 1 is 1.47 bits per heavy atom. The van der Waals surface area contributed by atoms with Gasteiger partial charge in [0, 0.05) is 4.88 Å². The summed E-state index contributed by atoms with van der Waals surface area (Å²) in [5.41, 5.74) is -0.125. The number of hydrogen-bond donors (Lipinski definition) is 2. The highest BCUT2D eigenvalue weighted by Gasteiger charge is 2.38. The van der Waals surface area contributed by atoms with Crippen molar-refractivity contribution in [3.8, 4) is 0 Å². The van der Waals surface area contributed by atoms with Gasteiger partial charge in [0.05, 0.1) is 12.2 Å². The van der Waals surface area contributed by atoms with Gasteiger partial charge in [-0.05, 0) is 39.5 Å². The lowest BCUT2D eigenvalue weighted by atomic mass is 10.0. The second kappa shape index (κ2) is 4.74. The molecule has 0 spiro atoms. The molecule has 1 aromatic heterocycles. The molecule has 1 aliphatic carbocycles. The summed E-state index contributed by atoms with van der Waals surface area (Å²) >= 11 is 1.59. The molecule has 17 heavy (non-hydrogen) atoms. The maximum absolute atomic E-state index is 11.8. The van der Waals surface area contributed by atoms with Gasteiger partial charge in [-0.2, -0.15) is 0 Å². The summed E-state index contributed by atoms with van der Waals surface area (Å²) in [7, 11) is 0. The summed E-state index contributed by atoms with van der Waals surface area (Å²) in [6.07, 6.45) is 3.02. The van der Waals surface area contributed by atoms with Crippen molar-refractivity contribution in [2.45, 2.75) is 51.7 Å². The summed E-state index contributed by atoms with van der Waals surface area (Å²) < 4.78 is 0. The van der Waals surface area contributed by atoms with Gasteiger partial charge in [-0.3, -0.25) is 4.79 Å². The minimum absolute atomic E-state index is 0.250. The van der Waals surface area contributed by atoms with Crippen LogP contribution in [-0.4, -0.2) is 21.6 Å². The molecule has 0 bridgehead atoms. The van der Waals surface area contributed by atoms with E-state index in [4.69, 9.17) is 0 Å². The van der Waals surface area contributed by atoms with Gasteiger partial charge in [-0.15, -0.1) is 11.3 Å². The lowest BCUT2D eigenvalue weighted by molar-refractivity contribution is -0.139. The minimum Gasteiger partial charge on any atom is -0.380 e. The molecule has 1 amide bonds. The molecule has 1 saturated carbocycles. The molecule has 0 unspecified atom stereocenters. The van der Waals surface area contributed by atoms with Crippen LogP contribution in [0.2, 0.25) is 0 Å². The zero-order valence-corrected chi connectivity index (χ0v) is 11.1. The first-order valence-corrected chi connectivity index (χ1v) is 6.76. The van der Waals surface area contributed by atoms with Crippen LogP contribution in [0.1, 0.15) is 41.3 Å². The molecular formula is C12H18N2O2S. The minimum atomic E-state index is -1.14. The van der Waals surface area contributed by atoms with Gasteiger partial charge in [-0.1, -0.05) is 0 Å². The summed E-state index contributed by atoms with van der Waals surface area (Å²) in [4.78, 5) is 17.4. The molecule has 5 heteroatoms. The molecule has 0 atom stereocenters. The predicted molar refractivity (Wildman–Crippen MR) is 66.9 cm³/mol. The van der Waals surface area contributed by atoms with Crippen molar-refractivity contribution in [1.29, 1.82) is 0 Å². The SMILES string of the molecule is Cc1nc(CNC(=O)C2(O)CCCC2)sc1C. The zero-order chi connectivity index (χ0) is 12.5. The number of thiazole rings is 1. The van der Waals surface area contributed by atoms with Crippen LogP contribution in [0.25, 0.3) is 0 Å². The molecule has 2 N–H and O–H groups in total. The molecule has 94 valence electrons. The maximum Gasteiger partial charge on any atom is 0.252 e. The number of rotatable bonds is 3. The van der Waals surface area contributed by atoms with E-state index in [2.05, 4.69) is 10.3 Å². The van der Waals surface area contributed by atoms with E-state index in [-0.39, 0.29) is 5.91 Å². The highest BCUT2D eigenvalue weighted by atomic mass is 32.1. The van der Waals surface area contributed by atoms with Crippen molar-refractivity contribution < 1.29 is 9.90 Å². The van der Waals surface area contributed by atoms with Crippen LogP contribution in [0.4, 0.5) is 0 Å². The lowest BCUT2D eigenvalue weighted by Gasteiger charge is -2.20. The average molecular weight is 254 g/mol. The Balaban J connectivity index is 1.92. The number of aryl methyl sites for hydroxylation is 2. The topological polar surface area (TPSA) is 62.2 Å². The number of amides is 1. The molecule has 2 rings (SSSR count). The molecular weight excluding hydrogens is 236 g/mol. The standard InChI is InChI=1S/C12H18N2O2S/c1-8-9(2)17-10(14-8)7-13-11(15)12(16)5-3-4-6-12/h16H,3-7H2,1-2H3,(H,13,15). The Kier molecular flexibility index (Phi) is 3.49. The number of nitrogens with one attached hydrogen (secondary N) is 1. The van der Waals surface area contributed by atoms with Crippen LogP contribution < -0.4 is 5.32 Å². The second-order valence-corrected chi connectivity index (χ2v) is 5.96. The van der Waals surface area contributed by atoms with Gasteiger partial charge in [-0.25, -0.2) is 4.98 Å². The highest BCUT2D eigenvalue weighted by Crippen LogP contribution is 2.29. The monoisotopic (exact) mass is 254 g/mol. The van der Waals surface area contributed by atoms with Gasteiger partial charge in [0.15, 0.2) is 0 Å². The van der Waals surface area contributed by atoms with Crippen LogP contribution in [0, 0.1) is 13.8 Å². The smallest absolute Gasteiger partial charge is 0.252 e. The summed E-state index contributed by atoms with van der Waals surface area (Å²) in [5.74, 6) is -0.250. The predicted octanol–water partition coefficient (Wildman–Crippen LogP) is 1.68. The zero-order valence-electron chi connectivity index (χ0n) is 10.2. The van der Waals surface area contributed by atoms with Gasteiger partial charge >= 0.3 is 0 Å². The van der Waals surface area contributed by atoms with E-state index in [0.717, 1.165) is 23.5 Å². The molecule has 0 saturated heterocycles. The fraction of sp³-hybridized carbons (Fsp3) is 0.667. The van der Waals surface area contributed by atoms with Crippen molar-refractivity contribution >= 4 is 17.2 Å². The van der Waals surface area contributed by atoms with E-state index >= 15 is 0 Å². The quantitative estimate of drug-likeness (QED) is 0.862. The number of carbonyl (C=O) groups is 1. The first kappa shape index (κ1) is 12.5. The Hall–Kier alpha value is -0.940. The van der Waals surface area contributed by atoms with Crippen molar-refractivity contribution in [2.75, 3.05) is 0 Å². The Labute approximate surface area is 105 Å². The summed E-state index contributed by atoms with van der Waals surface area (Å²) in [6.45, 7) is 4.39. The fourth-order valence-corrected chi connectivity index (χ4v) is 3.00. The van der Waals surface area contributed by atoms with E-state index in [0.29, 0.717) is 19.4 Å². The van der Waals surface area contributed by atoms with Crippen LogP contribution in [0.5, 0.6) is 0 Å². The van der Waals surface area contributed by atoms with E-state index in [9.17, 15) is 9.90 Å². The maximum atomic E-state index is 11.8. The van der Waals surface area contributed by atoms with Crippen LogP contribution in [0.15, 0.2) is 0 Å². The fourth-order valence-electron chi connectivity index (χ4n) is 2.12. The molecule has 1 fully saturated rings. The van der Waals surface area contributed by atoms with Gasteiger partial charge in [0.2, 0.25) is 0 Å². The lowest BCUT2D eigenvalue weighted by Crippen LogP contribution is -2.44. The third-order valence-electron chi connectivity index (χ3n) is 3.33. The van der Waals surface area contributed by atoms with Gasteiger partial charge < -0.3 is 10.4 Å². The Morgan fingerprint density at radius 2 is 2.12 bits per heavy atom. The van der Waals surface area contributed by atoms with E-state index in [1.165, 1.54) is 4.88 Å². The Morgan fingerprint density at radius 3 is 2.65 bits per heavy atom. The number of aromatic nitrogens is 1. The number of carbonyl (C=O) groups excluding carboxylic acids is 1. The third kappa shape index (κ3) is 2.66. The van der Waals surface area contributed by atoms with Gasteiger partial charge in [0.25, 0.3) is 5.91 Å². The number of hydrogen-bond acceptors (Lipinski definition) is 4. The van der Waals surface area contributed by atoms with Crippen molar-refractivity contribution in [2.24, 2.45) is 0 Å². The van der Waals surface area contributed by atoms with E-state index in [1.54, 1.807) is 11.3 Å².